The monoisotopic (exact) mass is 355 g/mol. The maximum Gasteiger partial charge on any atom is 0.306 e. The zero-order chi connectivity index (χ0) is 18.9. The lowest BCUT2D eigenvalue weighted by atomic mass is 9.89. The molecule has 0 unspecified atom stereocenters. The number of rotatable bonds is 4. The summed E-state index contributed by atoms with van der Waals surface area (Å²) in [6.07, 6.45) is 3.55. The molecule has 138 valence electrons. The van der Waals surface area contributed by atoms with E-state index in [1.165, 1.54) is 0 Å². The molecule has 2 aromatic rings. The van der Waals surface area contributed by atoms with Crippen LogP contribution >= 0.6 is 0 Å². The number of carboxylic acids is 1. The normalized spacial score (nSPS) is 20.1. The fourth-order valence-electron chi connectivity index (χ4n) is 3.41. The Morgan fingerprint density at radius 1 is 1.19 bits per heavy atom. The van der Waals surface area contributed by atoms with Crippen molar-refractivity contribution in [3.8, 4) is 5.69 Å². The third kappa shape index (κ3) is 3.79. The van der Waals surface area contributed by atoms with Gasteiger partial charge >= 0.3 is 5.97 Å². The molecular weight excluding hydrogens is 330 g/mol. The minimum Gasteiger partial charge on any atom is -0.481 e. The van der Waals surface area contributed by atoms with Gasteiger partial charge in [0, 0.05) is 17.7 Å². The van der Waals surface area contributed by atoms with Gasteiger partial charge in [0.1, 0.15) is 0 Å². The minimum atomic E-state index is -0.783. The van der Waals surface area contributed by atoms with E-state index >= 15 is 0 Å². The molecule has 6 heteroatoms. The van der Waals surface area contributed by atoms with Gasteiger partial charge in [-0.1, -0.05) is 39.0 Å². The second kappa shape index (κ2) is 6.94. The van der Waals surface area contributed by atoms with Gasteiger partial charge in [0.05, 0.1) is 22.9 Å². The standard InChI is InChI=1S/C20H25N3O3/c1-20(2,3)17-16(12-23(22-17)15-7-5-4-6-8-15)18(24)21-14-10-9-13(11-14)19(25)26/h4-8,12-14H,9-11H2,1-3H3,(H,21,24)(H,25,26)/t13-,14+/m1/s1. The summed E-state index contributed by atoms with van der Waals surface area (Å²) >= 11 is 0. The summed E-state index contributed by atoms with van der Waals surface area (Å²) in [5.41, 5.74) is 1.88. The highest BCUT2D eigenvalue weighted by Crippen LogP contribution is 2.28. The van der Waals surface area contributed by atoms with Crippen LogP contribution < -0.4 is 5.32 Å². The summed E-state index contributed by atoms with van der Waals surface area (Å²) < 4.78 is 1.73. The number of carbonyl (C=O) groups excluding carboxylic acids is 1. The van der Waals surface area contributed by atoms with E-state index in [1.807, 2.05) is 51.1 Å². The fraction of sp³-hybridized carbons (Fsp3) is 0.450. The molecule has 6 nitrogen and oxygen atoms in total. The number of aliphatic carboxylic acids is 1. The molecule has 0 saturated heterocycles. The number of carbonyl (C=O) groups is 2. The van der Waals surface area contributed by atoms with Crippen molar-refractivity contribution in [2.75, 3.05) is 0 Å². The molecule has 0 aliphatic heterocycles. The van der Waals surface area contributed by atoms with Crippen LogP contribution in [0.2, 0.25) is 0 Å². The number of amides is 1. The molecule has 26 heavy (non-hydrogen) atoms. The van der Waals surface area contributed by atoms with Crippen LogP contribution in [0.3, 0.4) is 0 Å². The molecule has 0 radical (unpaired) electrons. The maximum atomic E-state index is 12.9. The number of hydrogen-bond donors (Lipinski definition) is 2. The summed E-state index contributed by atoms with van der Waals surface area (Å²) in [5, 5.41) is 16.8. The van der Waals surface area contributed by atoms with Crippen LogP contribution in [-0.2, 0) is 10.2 Å². The van der Waals surface area contributed by atoms with E-state index in [-0.39, 0.29) is 23.3 Å². The first-order valence-corrected chi connectivity index (χ1v) is 8.95. The van der Waals surface area contributed by atoms with Gasteiger partial charge in [-0.05, 0) is 31.4 Å². The average molecular weight is 355 g/mol. The zero-order valence-electron chi connectivity index (χ0n) is 15.4. The number of para-hydroxylation sites is 1. The molecule has 1 saturated carbocycles. The van der Waals surface area contributed by atoms with Crippen molar-refractivity contribution in [3.05, 3.63) is 47.8 Å². The van der Waals surface area contributed by atoms with Crippen LogP contribution in [0.4, 0.5) is 0 Å². The maximum absolute atomic E-state index is 12.9. The van der Waals surface area contributed by atoms with Crippen LogP contribution in [0, 0.1) is 5.92 Å². The zero-order valence-corrected chi connectivity index (χ0v) is 15.4. The van der Waals surface area contributed by atoms with Crippen molar-refractivity contribution in [3.63, 3.8) is 0 Å². The van der Waals surface area contributed by atoms with Gasteiger partial charge in [-0.15, -0.1) is 0 Å². The number of hydrogen-bond acceptors (Lipinski definition) is 3. The van der Waals surface area contributed by atoms with E-state index in [1.54, 1.807) is 10.9 Å². The Kier molecular flexibility index (Phi) is 4.85. The topological polar surface area (TPSA) is 84.2 Å². The average Bonchev–Trinajstić information content (AvgIpc) is 3.22. The predicted octanol–water partition coefficient (Wildman–Crippen LogP) is 3.15. The molecular formula is C20H25N3O3. The highest BCUT2D eigenvalue weighted by atomic mass is 16.4. The SMILES string of the molecule is CC(C)(C)c1nn(-c2ccccc2)cc1C(=O)N[C@H]1CC[C@@H](C(=O)O)C1. The Morgan fingerprint density at radius 2 is 1.88 bits per heavy atom. The summed E-state index contributed by atoms with van der Waals surface area (Å²) in [6, 6.07) is 9.57. The highest BCUT2D eigenvalue weighted by Gasteiger charge is 2.32. The highest BCUT2D eigenvalue weighted by molar-refractivity contribution is 5.95. The number of benzene rings is 1. The molecule has 0 bridgehead atoms. The number of aromatic nitrogens is 2. The van der Waals surface area contributed by atoms with Gasteiger partial charge in [0.15, 0.2) is 0 Å². The summed E-state index contributed by atoms with van der Waals surface area (Å²) in [5.74, 6) is -1.34. The van der Waals surface area contributed by atoms with Gasteiger partial charge < -0.3 is 10.4 Å². The van der Waals surface area contributed by atoms with Crippen molar-refractivity contribution in [1.29, 1.82) is 0 Å². The molecule has 0 spiro atoms. The van der Waals surface area contributed by atoms with Gasteiger partial charge in [-0.3, -0.25) is 9.59 Å². The van der Waals surface area contributed by atoms with Crippen molar-refractivity contribution in [1.82, 2.24) is 15.1 Å². The van der Waals surface area contributed by atoms with Crippen LogP contribution in [0.25, 0.3) is 5.69 Å². The first kappa shape index (κ1) is 18.2. The van der Waals surface area contributed by atoms with E-state index in [0.717, 1.165) is 11.4 Å². The molecule has 1 fully saturated rings. The lowest BCUT2D eigenvalue weighted by Crippen LogP contribution is -2.34. The quantitative estimate of drug-likeness (QED) is 0.882. The number of carboxylic acid groups (broad SMARTS) is 1. The van der Waals surface area contributed by atoms with Crippen molar-refractivity contribution in [2.45, 2.75) is 51.5 Å². The van der Waals surface area contributed by atoms with Gasteiger partial charge in [-0.2, -0.15) is 5.10 Å². The largest absolute Gasteiger partial charge is 0.481 e. The van der Waals surface area contributed by atoms with Gasteiger partial charge in [0.2, 0.25) is 0 Å². The Morgan fingerprint density at radius 3 is 2.46 bits per heavy atom. The Hall–Kier alpha value is -2.63. The second-order valence-corrected chi connectivity index (χ2v) is 7.94. The first-order valence-electron chi connectivity index (χ1n) is 8.95. The van der Waals surface area contributed by atoms with Gasteiger partial charge in [-0.25, -0.2) is 4.68 Å². The van der Waals surface area contributed by atoms with Crippen LogP contribution in [0.5, 0.6) is 0 Å². The molecule has 1 aliphatic carbocycles. The van der Waals surface area contributed by atoms with E-state index in [4.69, 9.17) is 5.11 Å². The van der Waals surface area contributed by atoms with Gasteiger partial charge in [0.25, 0.3) is 5.91 Å². The number of nitrogens with one attached hydrogen (secondary N) is 1. The summed E-state index contributed by atoms with van der Waals surface area (Å²) in [7, 11) is 0. The first-order chi connectivity index (χ1) is 12.3. The molecule has 1 aromatic heterocycles. The van der Waals surface area contributed by atoms with Crippen molar-refractivity contribution >= 4 is 11.9 Å². The third-order valence-corrected chi connectivity index (χ3v) is 4.81. The van der Waals surface area contributed by atoms with E-state index in [2.05, 4.69) is 10.4 Å². The van der Waals surface area contributed by atoms with Crippen LogP contribution in [-0.4, -0.2) is 32.8 Å². The fourth-order valence-corrected chi connectivity index (χ4v) is 3.41. The lowest BCUT2D eigenvalue weighted by molar-refractivity contribution is -0.141. The van der Waals surface area contributed by atoms with Crippen LogP contribution in [0.15, 0.2) is 36.5 Å². The molecule has 3 rings (SSSR count). The second-order valence-electron chi connectivity index (χ2n) is 7.94. The molecule has 1 aromatic carbocycles. The van der Waals surface area contributed by atoms with Crippen molar-refractivity contribution in [2.24, 2.45) is 5.92 Å². The van der Waals surface area contributed by atoms with E-state index < -0.39 is 5.97 Å². The lowest BCUT2D eigenvalue weighted by Gasteiger charge is -2.18. The van der Waals surface area contributed by atoms with E-state index in [9.17, 15) is 9.59 Å². The van der Waals surface area contributed by atoms with Crippen molar-refractivity contribution < 1.29 is 14.7 Å². The summed E-state index contributed by atoms with van der Waals surface area (Å²) in [4.78, 5) is 24.0. The molecule has 1 heterocycles. The number of nitrogens with zero attached hydrogens (tertiary/aromatic N) is 2. The predicted molar refractivity (Wildman–Crippen MR) is 98.5 cm³/mol. The Labute approximate surface area is 153 Å². The Bertz CT molecular complexity index is 805. The molecule has 2 N–H and O–H groups in total. The molecule has 1 aliphatic rings. The Balaban J connectivity index is 1.85. The molecule has 2 atom stereocenters. The van der Waals surface area contributed by atoms with Crippen LogP contribution in [0.1, 0.15) is 56.1 Å². The summed E-state index contributed by atoms with van der Waals surface area (Å²) in [6.45, 7) is 6.08. The smallest absolute Gasteiger partial charge is 0.306 e. The molecule has 1 amide bonds. The van der Waals surface area contributed by atoms with E-state index in [0.29, 0.717) is 24.8 Å². The third-order valence-electron chi connectivity index (χ3n) is 4.81. The minimum absolute atomic E-state index is 0.100.